The van der Waals surface area contributed by atoms with Crippen LogP contribution in [0.5, 0.6) is 11.5 Å². The summed E-state index contributed by atoms with van der Waals surface area (Å²) in [6, 6.07) is 7.35. The largest absolute Gasteiger partial charge is 0.497 e. The Hall–Kier alpha value is -1.23. The lowest BCUT2D eigenvalue weighted by atomic mass is 10.2. The molecule has 1 rings (SSSR count). The lowest BCUT2D eigenvalue weighted by Crippen LogP contribution is -2.39. The minimum Gasteiger partial charge on any atom is -0.497 e. The maximum atomic E-state index is 11.5. The molecule has 1 aromatic rings. The normalized spacial score (nSPS) is 10.9. The fourth-order valence-corrected chi connectivity index (χ4v) is 1.37. The van der Waals surface area contributed by atoms with Crippen LogP contribution in [0.3, 0.4) is 0 Å². The molecule has 0 aliphatic rings. The van der Waals surface area contributed by atoms with Gasteiger partial charge in [-0.15, -0.1) is 0 Å². The first kappa shape index (κ1) is 14.8. The van der Waals surface area contributed by atoms with Gasteiger partial charge >= 0.3 is 0 Å². The van der Waals surface area contributed by atoms with Crippen LogP contribution in [0.15, 0.2) is 24.3 Å². The highest BCUT2D eigenvalue weighted by Crippen LogP contribution is 2.18. The highest BCUT2D eigenvalue weighted by molar-refractivity contribution is 9.10. The Labute approximate surface area is 116 Å². The Kier molecular flexibility index (Phi) is 5.47. The van der Waals surface area contributed by atoms with Crippen molar-refractivity contribution in [2.24, 2.45) is 0 Å². The number of amides is 1. The lowest BCUT2D eigenvalue weighted by molar-refractivity contribution is -0.122. The van der Waals surface area contributed by atoms with Gasteiger partial charge in [0.25, 0.3) is 0 Å². The van der Waals surface area contributed by atoms with Crippen LogP contribution in [-0.4, -0.2) is 30.5 Å². The first-order chi connectivity index (χ1) is 8.43. The number of methoxy groups -OCH3 is 1. The van der Waals surface area contributed by atoms with Crippen LogP contribution < -0.4 is 14.8 Å². The predicted octanol–water partition coefficient (Wildman–Crippen LogP) is 2.36. The summed E-state index contributed by atoms with van der Waals surface area (Å²) in [7, 11) is 1.61. The van der Waals surface area contributed by atoms with E-state index in [4.69, 9.17) is 9.47 Å². The average Bonchev–Trinajstić information content (AvgIpc) is 2.33. The molecule has 0 radical (unpaired) electrons. The van der Waals surface area contributed by atoms with Crippen LogP contribution in [0, 0.1) is 0 Å². The zero-order valence-electron chi connectivity index (χ0n) is 10.8. The number of carbonyl (C=O) groups is 1. The Bertz CT molecular complexity index is 401. The van der Waals surface area contributed by atoms with E-state index in [0.717, 1.165) is 11.5 Å². The smallest absolute Gasteiger partial charge is 0.236 e. The standard InChI is InChI=1S/C13H18BrNO3/c1-13(2,14)12(16)15-7-8-18-11-6-4-5-10(9-11)17-3/h4-6,9H,7-8H2,1-3H3,(H,15,16). The van der Waals surface area contributed by atoms with Crippen LogP contribution in [0.2, 0.25) is 0 Å². The molecule has 1 N–H and O–H groups in total. The van der Waals surface area contributed by atoms with Gasteiger partial charge in [0.1, 0.15) is 18.1 Å². The topological polar surface area (TPSA) is 47.6 Å². The molecule has 0 atom stereocenters. The molecule has 5 heteroatoms. The summed E-state index contributed by atoms with van der Waals surface area (Å²) in [4.78, 5) is 11.5. The van der Waals surface area contributed by atoms with Crippen LogP contribution in [0.4, 0.5) is 0 Å². The van der Waals surface area contributed by atoms with Crippen molar-refractivity contribution >= 4 is 21.8 Å². The Balaban J connectivity index is 2.32. The molecule has 100 valence electrons. The van der Waals surface area contributed by atoms with Crippen molar-refractivity contribution in [2.75, 3.05) is 20.3 Å². The molecule has 0 aromatic heterocycles. The SMILES string of the molecule is COc1cccc(OCCNC(=O)C(C)(C)Br)c1. The van der Waals surface area contributed by atoms with Gasteiger partial charge in [-0.2, -0.15) is 0 Å². The molecule has 0 saturated heterocycles. The van der Waals surface area contributed by atoms with E-state index in [-0.39, 0.29) is 5.91 Å². The minimum atomic E-state index is -0.553. The number of nitrogens with one attached hydrogen (secondary N) is 1. The fourth-order valence-electron chi connectivity index (χ4n) is 1.23. The molecule has 0 saturated carbocycles. The van der Waals surface area contributed by atoms with Crippen molar-refractivity contribution < 1.29 is 14.3 Å². The maximum absolute atomic E-state index is 11.5. The van der Waals surface area contributed by atoms with Crippen LogP contribution >= 0.6 is 15.9 Å². The molecule has 4 nitrogen and oxygen atoms in total. The van der Waals surface area contributed by atoms with Gasteiger partial charge in [0, 0.05) is 6.07 Å². The summed E-state index contributed by atoms with van der Waals surface area (Å²) >= 11 is 3.29. The average molecular weight is 316 g/mol. The second-order valence-electron chi connectivity index (χ2n) is 4.26. The zero-order chi connectivity index (χ0) is 13.6. The van der Waals surface area contributed by atoms with E-state index < -0.39 is 4.32 Å². The van der Waals surface area contributed by atoms with Gasteiger partial charge < -0.3 is 14.8 Å². The summed E-state index contributed by atoms with van der Waals surface area (Å²) in [5, 5.41) is 2.78. The Morgan fingerprint density at radius 3 is 2.67 bits per heavy atom. The molecule has 0 unspecified atom stereocenters. The first-order valence-electron chi connectivity index (χ1n) is 5.67. The number of rotatable bonds is 6. The zero-order valence-corrected chi connectivity index (χ0v) is 12.4. The number of carbonyl (C=O) groups excluding carboxylic acids is 1. The van der Waals surface area contributed by atoms with E-state index in [1.165, 1.54) is 0 Å². The summed E-state index contributed by atoms with van der Waals surface area (Å²) in [6.07, 6.45) is 0. The number of halogens is 1. The van der Waals surface area contributed by atoms with Crippen molar-refractivity contribution in [1.82, 2.24) is 5.32 Å². The summed E-state index contributed by atoms with van der Waals surface area (Å²) in [5.41, 5.74) is 0. The van der Waals surface area contributed by atoms with Crippen molar-refractivity contribution in [3.8, 4) is 11.5 Å². The molecular formula is C13H18BrNO3. The van der Waals surface area contributed by atoms with E-state index >= 15 is 0 Å². The van der Waals surface area contributed by atoms with Crippen LogP contribution in [0.1, 0.15) is 13.8 Å². The number of hydrogen-bond donors (Lipinski definition) is 1. The third-order valence-electron chi connectivity index (χ3n) is 2.24. The van der Waals surface area contributed by atoms with E-state index in [0.29, 0.717) is 13.2 Å². The molecule has 0 aliphatic heterocycles. The molecule has 0 aliphatic carbocycles. The number of ether oxygens (including phenoxy) is 2. The molecular weight excluding hydrogens is 298 g/mol. The maximum Gasteiger partial charge on any atom is 0.236 e. The van der Waals surface area contributed by atoms with Crippen molar-refractivity contribution in [1.29, 1.82) is 0 Å². The fraction of sp³-hybridized carbons (Fsp3) is 0.462. The summed E-state index contributed by atoms with van der Waals surface area (Å²) in [5.74, 6) is 1.41. The quantitative estimate of drug-likeness (QED) is 0.647. The van der Waals surface area contributed by atoms with Crippen molar-refractivity contribution in [3.05, 3.63) is 24.3 Å². The molecule has 0 bridgehead atoms. The third kappa shape index (κ3) is 4.96. The summed E-state index contributed by atoms with van der Waals surface area (Å²) in [6.45, 7) is 4.48. The first-order valence-corrected chi connectivity index (χ1v) is 6.47. The van der Waals surface area contributed by atoms with E-state index in [9.17, 15) is 4.79 Å². The predicted molar refractivity (Wildman–Crippen MR) is 74.5 cm³/mol. The van der Waals surface area contributed by atoms with Gasteiger partial charge in [-0.05, 0) is 26.0 Å². The van der Waals surface area contributed by atoms with Crippen molar-refractivity contribution in [3.63, 3.8) is 0 Å². The molecule has 0 fully saturated rings. The molecule has 1 amide bonds. The van der Waals surface area contributed by atoms with Gasteiger partial charge in [0.05, 0.1) is 18.0 Å². The van der Waals surface area contributed by atoms with E-state index in [1.54, 1.807) is 27.0 Å². The lowest BCUT2D eigenvalue weighted by Gasteiger charge is -2.16. The summed E-state index contributed by atoms with van der Waals surface area (Å²) < 4.78 is 10.0. The molecule has 1 aromatic carbocycles. The Morgan fingerprint density at radius 2 is 2.06 bits per heavy atom. The van der Waals surface area contributed by atoms with Gasteiger partial charge in [0.2, 0.25) is 5.91 Å². The van der Waals surface area contributed by atoms with Crippen LogP contribution in [0.25, 0.3) is 0 Å². The minimum absolute atomic E-state index is 0.0586. The molecule has 18 heavy (non-hydrogen) atoms. The number of benzene rings is 1. The Morgan fingerprint density at radius 1 is 1.39 bits per heavy atom. The van der Waals surface area contributed by atoms with Gasteiger partial charge in [0.15, 0.2) is 0 Å². The molecule has 0 heterocycles. The highest BCUT2D eigenvalue weighted by Gasteiger charge is 2.22. The third-order valence-corrected chi connectivity index (χ3v) is 2.60. The number of alkyl halides is 1. The second-order valence-corrected chi connectivity index (χ2v) is 6.24. The van der Waals surface area contributed by atoms with Gasteiger partial charge in [-0.1, -0.05) is 22.0 Å². The van der Waals surface area contributed by atoms with Gasteiger partial charge in [-0.3, -0.25) is 4.79 Å². The van der Waals surface area contributed by atoms with Crippen LogP contribution in [-0.2, 0) is 4.79 Å². The second kappa shape index (κ2) is 6.64. The van der Waals surface area contributed by atoms with E-state index in [1.807, 2.05) is 18.2 Å². The van der Waals surface area contributed by atoms with Crippen molar-refractivity contribution in [2.45, 2.75) is 18.2 Å². The number of hydrogen-bond acceptors (Lipinski definition) is 3. The van der Waals surface area contributed by atoms with E-state index in [2.05, 4.69) is 21.2 Å². The molecule has 0 spiro atoms. The van der Waals surface area contributed by atoms with Gasteiger partial charge in [-0.25, -0.2) is 0 Å². The monoisotopic (exact) mass is 315 g/mol. The highest BCUT2D eigenvalue weighted by atomic mass is 79.9.